The summed E-state index contributed by atoms with van der Waals surface area (Å²) >= 11 is 0. The van der Waals surface area contributed by atoms with E-state index in [1.165, 1.54) is 0 Å². The molecule has 1 aromatic heterocycles. The van der Waals surface area contributed by atoms with Crippen molar-refractivity contribution in [2.24, 2.45) is 0 Å². The van der Waals surface area contributed by atoms with E-state index in [0.29, 0.717) is 23.4 Å². The van der Waals surface area contributed by atoms with E-state index in [9.17, 15) is 14.4 Å². The fourth-order valence-corrected chi connectivity index (χ4v) is 5.18. The average Bonchev–Trinajstić information content (AvgIpc) is 3.51. The van der Waals surface area contributed by atoms with Crippen molar-refractivity contribution in [2.75, 3.05) is 20.7 Å². The van der Waals surface area contributed by atoms with Gasteiger partial charge in [-0.2, -0.15) is 0 Å². The molecule has 6 rings (SSSR count). The number of pyridine rings is 1. The Morgan fingerprint density at radius 3 is 2.58 bits per heavy atom. The van der Waals surface area contributed by atoms with Gasteiger partial charge in [-0.25, -0.2) is 9.37 Å². The minimum atomic E-state index is -1.40. The smallest absolute Gasteiger partial charge is 0.326 e. The Labute approximate surface area is 207 Å². The molecule has 0 unspecified atom stereocenters. The maximum Gasteiger partial charge on any atom is 0.326 e. The summed E-state index contributed by atoms with van der Waals surface area (Å²) in [5.41, 5.74) is 3.65. The zero-order valence-corrected chi connectivity index (χ0v) is 19.9. The van der Waals surface area contributed by atoms with Gasteiger partial charge in [0.05, 0.1) is 32.5 Å². The van der Waals surface area contributed by atoms with Crippen LogP contribution in [0.4, 0.5) is 10.6 Å². The fraction of sp³-hybridized carbons (Fsp3) is 0.222. The van der Waals surface area contributed by atoms with E-state index in [1.807, 2.05) is 48.2 Å². The van der Waals surface area contributed by atoms with Gasteiger partial charge in [0.15, 0.2) is 5.54 Å². The Balaban J connectivity index is 1.31. The van der Waals surface area contributed by atoms with Crippen molar-refractivity contribution in [3.63, 3.8) is 0 Å². The molecule has 4 heterocycles. The van der Waals surface area contributed by atoms with E-state index in [4.69, 9.17) is 4.74 Å². The molecular formula is C27H24N5O4+. The van der Waals surface area contributed by atoms with Crippen molar-refractivity contribution < 1.29 is 23.7 Å². The fourth-order valence-electron chi connectivity index (χ4n) is 5.18. The SMILES string of the molecule is COc1ccc2c(c1)C(=O)N(C[C@]1(c3ccc(-c4cnc5c(c4)CC=[N+]5C)cc3)NC(=O)NC1=O)C2. The highest BCUT2D eigenvalue weighted by Crippen LogP contribution is 2.34. The van der Waals surface area contributed by atoms with Crippen LogP contribution < -0.4 is 15.4 Å². The number of imide groups is 1. The highest BCUT2D eigenvalue weighted by Gasteiger charge is 2.50. The molecule has 9 heteroatoms. The van der Waals surface area contributed by atoms with Gasteiger partial charge in [-0.15, -0.1) is 0 Å². The number of aromatic nitrogens is 1. The number of amides is 4. The minimum Gasteiger partial charge on any atom is -0.497 e. The topological polar surface area (TPSA) is 104 Å². The van der Waals surface area contributed by atoms with Gasteiger partial charge >= 0.3 is 11.8 Å². The molecule has 3 aliphatic rings. The molecule has 2 N–H and O–H groups in total. The molecule has 4 amide bonds. The first-order valence-electron chi connectivity index (χ1n) is 11.6. The van der Waals surface area contributed by atoms with Gasteiger partial charge < -0.3 is 15.0 Å². The summed E-state index contributed by atoms with van der Waals surface area (Å²) in [5.74, 6) is 0.847. The third kappa shape index (κ3) is 3.35. The zero-order valence-electron chi connectivity index (χ0n) is 19.9. The number of ether oxygens (including phenoxy) is 1. The Hall–Kier alpha value is -4.53. The summed E-state index contributed by atoms with van der Waals surface area (Å²) in [6, 6.07) is 14.3. The second-order valence-electron chi connectivity index (χ2n) is 9.28. The Morgan fingerprint density at radius 1 is 1.06 bits per heavy atom. The summed E-state index contributed by atoms with van der Waals surface area (Å²) in [5, 5.41) is 5.14. The molecule has 1 atom stereocenters. The van der Waals surface area contributed by atoms with E-state index in [0.717, 1.165) is 34.5 Å². The summed E-state index contributed by atoms with van der Waals surface area (Å²) in [6.07, 6.45) is 4.75. The van der Waals surface area contributed by atoms with E-state index in [-0.39, 0.29) is 12.5 Å². The molecule has 36 heavy (non-hydrogen) atoms. The monoisotopic (exact) mass is 482 g/mol. The van der Waals surface area contributed by atoms with Crippen LogP contribution in [-0.4, -0.2) is 59.2 Å². The van der Waals surface area contributed by atoms with Gasteiger partial charge in [-0.1, -0.05) is 30.3 Å². The molecule has 0 radical (unpaired) electrons. The number of carbonyl (C=O) groups excluding carboxylic acids is 3. The van der Waals surface area contributed by atoms with Crippen LogP contribution in [0.1, 0.15) is 27.0 Å². The van der Waals surface area contributed by atoms with Crippen LogP contribution in [0.3, 0.4) is 0 Å². The van der Waals surface area contributed by atoms with E-state index in [1.54, 1.807) is 24.1 Å². The first-order chi connectivity index (χ1) is 17.4. The first-order valence-corrected chi connectivity index (χ1v) is 11.6. The number of benzene rings is 2. The van der Waals surface area contributed by atoms with Crippen molar-refractivity contribution in [3.8, 4) is 16.9 Å². The number of hydrogen-bond acceptors (Lipinski definition) is 5. The number of hydrogen-bond donors (Lipinski definition) is 2. The van der Waals surface area contributed by atoms with Crippen LogP contribution >= 0.6 is 0 Å². The average molecular weight is 483 g/mol. The quantitative estimate of drug-likeness (QED) is 0.429. The molecule has 3 aromatic rings. The van der Waals surface area contributed by atoms with Crippen LogP contribution in [0.5, 0.6) is 5.75 Å². The Bertz CT molecular complexity index is 1480. The lowest BCUT2D eigenvalue weighted by molar-refractivity contribution is -0.400. The molecule has 2 aromatic carbocycles. The lowest BCUT2D eigenvalue weighted by atomic mass is 9.88. The summed E-state index contributed by atoms with van der Waals surface area (Å²) in [7, 11) is 3.53. The largest absolute Gasteiger partial charge is 0.497 e. The van der Waals surface area contributed by atoms with Gasteiger partial charge in [-0.05, 0) is 39.9 Å². The molecule has 0 saturated carbocycles. The highest BCUT2D eigenvalue weighted by molar-refractivity contribution is 6.08. The van der Waals surface area contributed by atoms with Gasteiger partial charge in [0, 0.05) is 24.1 Å². The zero-order chi connectivity index (χ0) is 25.0. The molecule has 1 saturated heterocycles. The number of carbonyl (C=O) groups is 3. The van der Waals surface area contributed by atoms with Crippen LogP contribution in [0.15, 0.2) is 54.7 Å². The van der Waals surface area contributed by atoms with Crippen molar-refractivity contribution in [3.05, 3.63) is 77.0 Å². The molecule has 0 bridgehead atoms. The van der Waals surface area contributed by atoms with Crippen LogP contribution in [0.2, 0.25) is 0 Å². The van der Waals surface area contributed by atoms with Gasteiger partial charge in [0.25, 0.3) is 11.8 Å². The number of urea groups is 1. The third-order valence-corrected chi connectivity index (χ3v) is 7.14. The number of fused-ring (bicyclic) bond motifs is 2. The third-order valence-electron chi connectivity index (χ3n) is 7.14. The van der Waals surface area contributed by atoms with Crippen molar-refractivity contribution in [1.29, 1.82) is 0 Å². The second kappa shape index (κ2) is 8.01. The van der Waals surface area contributed by atoms with Gasteiger partial charge in [-0.3, -0.25) is 14.9 Å². The lowest BCUT2D eigenvalue weighted by Crippen LogP contribution is -2.52. The maximum absolute atomic E-state index is 13.2. The summed E-state index contributed by atoms with van der Waals surface area (Å²) in [6.45, 7) is 0.343. The highest BCUT2D eigenvalue weighted by atomic mass is 16.5. The van der Waals surface area contributed by atoms with E-state index >= 15 is 0 Å². The minimum absolute atomic E-state index is 0.00230. The number of nitrogens with one attached hydrogen (secondary N) is 2. The summed E-state index contributed by atoms with van der Waals surface area (Å²) in [4.78, 5) is 44.7. The number of rotatable bonds is 5. The molecule has 1 fully saturated rings. The van der Waals surface area contributed by atoms with Crippen molar-refractivity contribution in [1.82, 2.24) is 20.5 Å². The van der Waals surface area contributed by atoms with Crippen LogP contribution in [0.25, 0.3) is 11.1 Å². The number of nitrogens with zero attached hydrogens (tertiary/aromatic N) is 3. The molecule has 0 aliphatic carbocycles. The molecule has 3 aliphatic heterocycles. The van der Waals surface area contributed by atoms with Crippen LogP contribution in [-0.2, 0) is 23.3 Å². The van der Waals surface area contributed by atoms with Crippen LogP contribution in [0, 0.1) is 0 Å². The van der Waals surface area contributed by atoms with E-state index < -0.39 is 17.5 Å². The number of methoxy groups -OCH3 is 1. The van der Waals surface area contributed by atoms with E-state index in [2.05, 4.69) is 27.9 Å². The van der Waals surface area contributed by atoms with Crippen molar-refractivity contribution in [2.45, 2.75) is 18.5 Å². The van der Waals surface area contributed by atoms with Crippen molar-refractivity contribution >= 4 is 29.9 Å². The molecule has 0 spiro atoms. The predicted octanol–water partition coefficient (Wildman–Crippen LogP) is 2.35. The summed E-state index contributed by atoms with van der Waals surface area (Å²) < 4.78 is 7.27. The van der Waals surface area contributed by atoms with Gasteiger partial charge in [0.1, 0.15) is 11.9 Å². The Morgan fingerprint density at radius 2 is 1.86 bits per heavy atom. The lowest BCUT2D eigenvalue weighted by Gasteiger charge is -2.31. The normalized spacial score (nSPS) is 20.1. The maximum atomic E-state index is 13.2. The van der Waals surface area contributed by atoms with Gasteiger partial charge in [0.2, 0.25) is 0 Å². The second-order valence-corrected chi connectivity index (χ2v) is 9.28. The molecular weight excluding hydrogens is 458 g/mol. The first kappa shape index (κ1) is 22.0. The Kier molecular flexibility index (Phi) is 4.89. The standard InChI is InChI=1S/C27H23N5O4/c1-31-10-9-17-11-19(13-28-23(17)31)16-3-6-20(7-4-16)27(25(34)29-26(35)30-27)15-32-14-18-5-8-21(36-2)12-22(18)24(32)33/h3-8,10-13H,9,14-15H2,1-2H3,(H-,29,30,34,35)/p+1/t27-/m1/s1. The molecule has 9 nitrogen and oxygen atoms in total. The predicted molar refractivity (Wildman–Crippen MR) is 131 cm³/mol. The molecule has 180 valence electrons.